The van der Waals surface area contributed by atoms with Crippen molar-refractivity contribution in [2.45, 2.75) is 39.3 Å². The van der Waals surface area contributed by atoms with Crippen molar-refractivity contribution < 1.29 is 9.53 Å². The van der Waals surface area contributed by atoms with Crippen LogP contribution in [0.2, 0.25) is 0 Å². The molecule has 2 aliphatic rings. The van der Waals surface area contributed by atoms with Crippen LogP contribution in [0.15, 0.2) is 0 Å². The Morgan fingerprint density at radius 3 is 2.94 bits per heavy atom. The first-order chi connectivity index (χ1) is 7.59. The minimum absolute atomic E-state index is 0.127. The topological polar surface area (TPSA) is 41.6 Å². The van der Waals surface area contributed by atoms with Crippen molar-refractivity contribution in [3.63, 3.8) is 0 Å². The highest BCUT2D eigenvalue weighted by atomic mass is 16.6. The number of carbonyl (C=O) groups excluding carboxylic acids is 1. The third kappa shape index (κ3) is 2.17. The number of fused-ring (bicyclic) bond motifs is 1. The Morgan fingerprint density at radius 2 is 2.25 bits per heavy atom. The first-order valence-electron chi connectivity index (χ1n) is 6.25. The number of carbonyl (C=O) groups is 1. The van der Waals surface area contributed by atoms with Gasteiger partial charge in [0.2, 0.25) is 0 Å². The lowest BCUT2D eigenvalue weighted by atomic mass is 10.0. The lowest BCUT2D eigenvalue weighted by Crippen LogP contribution is -2.43. The summed E-state index contributed by atoms with van der Waals surface area (Å²) >= 11 is 0. The molecule has 2 rings (SSSR count). The van der Waals surface area contributed by atoms with Crippen molar-refractivity contribution in [1.29, 1.82) is 0 Å². The Morgan fingerprint density at radius 1 is 1.50 bits per heavy atom. The predicted molar refractivity (Wildman–Crippen MR) is 62.3 cm³/mol. The Labute approximate surface area is 97.3 Å². The molecule has 0 spiro atoms. The molecule has 4 nitrogen and oxygen atoms in total. The maximum atomic E-state index is 12.0. The van der Waals surface area contributed by atoms with E-state index in [1.54, 1.807) is 0 Å². The zero-order valence-electron chi connectivity index (χ0n) is 10.4. The summed E-state index contributed by atoms with van der Waals surface area (Å²) in [4.78, 5) is 13.9. The fourth-order valence-corrected chi connectivity index (χ4v) is 2.79. The second-order valence-corrected chi connectivity index (χ2v) is 5.45. The number of hydrogen-bond donors (Lipinski definition) is 1. The van der Waals surface area contributed by atoms with E-state index in [0.29, 0.717) is 30.5 Å². The highest BCUT2D eigenvalue weighted by Gasteiger charge is 2.44. The van der Waals surface area contributed by atoms with Gasteiger partial charge in [0.1, 0.15) is 0 Å². The van der Waals surface area contributed by atoms with Gasteiger partial charge in [-0.1, -0.05) is 13.8 Å². The molecule has 1 amide bonds. The maximum absolute atomic E-state index is 12.0. The Bertz CT molecular complexity index is 268. The first-order valence-corrected chi connectivity index (χ1v) is 6.25. The van der Waals surface area contributed by atoms with Crippen LogP contribution in [0.1, 0.15) is 27.2 Å². The molecule has 2 aliphatic heterocycles. The van der Waals surface area contributed by atoms with Crippen molar-refractivity contribution in [1.82, 2.24) is 10.2 Å². The fourth-order valence-electron chi connectivity index (χ4n) is 2.79. The van der Waals surface area contributed by atoms with Crippen LogP contribution in [0.25, 0.3) is 0 Å². The summed E-state index contributed by atoms with van der Waals surface area (Å²) in [5.41, 5.74) is 0. The second kappa shape index (κ2) is 4.62. The van der Waals surface area contributed by atoms with Gasteiger partial charge in [-0.25, -0.2) is 4.79 Å². The van der Waals surface area contributed by atoms with Gasteiger partial charge in [-0.15, -0.1) is 0 Å². The van der Waals surface area contributed by atoms with Crippen LogP contribution >= 0.6 is 0 Å². The van der Waals surface area contributed by atoms with Crippen molar-refractivity contribution in [3.8, 4) is 0 Å². The zero-order chi connectivity index (χ0) is 11.7. The van der Waals surface area contributed by atoms with Gasteiger partial charge in [0.25, 0.3) is 0 Å². The third-order valence-corrected chi connectivity index (χ3v) is 3.53. The van der Waals surface area contributed by atoms with Crippen LogP contribution < -0.4 is 5.32 Å². The van der Waals surface area contributed by atoms with Crippen LogP contribution in [-0.4, -0.2) is 42.8 Å². The molecule has 1 N–H and O–H groups in total. The average molecular weight is 226 g/mol. The molecular formula is C12H22N2O2. The molecule has 0 aromatic heterocycles. The van der Waals surface area contributed by atoms with Crippen molar-refractivity contribution in [2.75, 3.05) is 19.7 Å². The van der Waals surface area contributed by atoms with Crippen molar-refractivity contribution in [2.24, 2.45) is 11.8 Å². The quantitative estimate of drug-likeness (QED) is 0.775. The SMILES string of the molecule is CC(C)COC(=O)N1[C@@H]2CNC[C@@H]2C[C@@H]1C. The molecule has 92 valence electrons. The fraction of sp³-hybridized carbons (Fsp3) is 0.917. The molecule has 0 aromatic carbocycles. The van der Waals surface area contributed by atoms with Crippen LogP contribution in [-0.2, 0) is 4.74 Å². The monoisotopic (exact) mass is 226 g/mol. The molecular weight excluding hydrogens is 204 g/mol. The number of amides is 1. The zero-order valence-corrected chi connectivity index (χ0v) is 10.4. The maximum Gasteiger partial charge on any atom is 0.410 e. The average Bonchev–Trinajstić information content (AvgIpc) is 2.73. The summed E-state index contributed by atoms with van der Waals surface area (Å²) in [6, 6.07) is 0.687. The second-order valence-electron chi connectivity index (χ2n) is 5.45. The molecule has 3 atom stereocenters. The molecule has 0 saturated carbocycles. The molecule has 0 unspecified atom stereocenters. The van der Waals surface area contributed by atoms with Gasteiger partial charge < -0.3 is 15.0 Å². The van der Waals surface area contributed by atoms with Crippen molar-refractivity contribution >= 4 is 6.09 Å². The predicted octanol–water partition coefficient (Wildman–Crippen LogP) is 1.46. The summed E-state index contributed by atoms with van der Waals surface area (Å²) in [7, 11) is 0. The van der Waals surface area contributed by atoms with Gasteiger partial charge in [-0.3, -0.25) is 0 Å². The number of likely N-dealkylation sites (tertiary alicyclic amines) is 1. The summed E-state index contributed by atoms with van der Waals surface area (Å²) in [5, 5.41) is 3.35. The van der Waals surface area contributed by atoms with E-state index in [1.165, 1.54) is 0 Å². The van der Waals surface area contributed by atoms with Gasteiger partial charge in [0, 0.05) is 19.1 Å². The Kier molecular flexibility index (Phi) is 3.38. The van der Waals surface area contributed by atoms with E-state index >= 15 is 0 Å². The molecule has 0 bridgehead atoms. The lowest BCUT2D eigenvalue weighted by Gasteiger charge is -2.27. The number of rotatable bonds is 2. The highest BCUT2D eigenvalue weighted by molar-refractivity contribution is 5.69. The van der Waals surface area contributed by atoms with Gasteiger partial charge in [0.15, 0.2) is 0 Å². The normalized spacial score (nSPS) is 33.2. The largest absolute Gasteiger partial charge is 0.449 e. The summed E-state index contributed by atoms with van der Waals surface area (Å²) in [6.45, 7) is 8.72. The van der Waals surface area contributed by atoms with E-state index in [9.17, 15) is 4.79 Å². The van der Waals surface area contributed by atoms with E-state index in [-0.39, 0.29) is 6.09 Å². The van der Waals surface area contributed by atoms with E-state index in [2.05, 4.69) is 26.1 Å². The van der Waals surface area contributed by atoms with Gasteiger partial charge in [-0.2, -0.15) is 0 Å². The third-order valence-electron chi connectivity index (χ3n) is 3.53. The Balaban J connectivity index is 1.94. The van der Waals surface area contributed by atoms with Crippen LogP contribution in [0.5, 0.6) is 0 Å². The molecule has 2 heterocycles. The summed E-state index contributed by atoms with van der Waals surface area (Å²) < 4.78 is 5.33. The molecule has 0 aromatic rings. The highest BCUT2D eigenvalue weighted by Crippen LogP contribution is 2.32. The lowest BCUT2D eigenvalue weighted by molar-refractivity contribution is 0.0778. The van der Waals surface area contributed by atoms with E-state index < -0.39 is 0 Å². The minimum Gasteiger partial charge on any atom is -0.449 e. The molecule has 0 radical (unpaired) electrons. The van der Waals surface area contributed by atoms with Crippen molar-refractivity contribution in [3.05, 3.63) is 0 Å². The van der Waals surface area contributed by atoms with E-state index in [0.717, 1.165) is 19.5 Å². The minimum atomic E-state index is -0.127. The molecule has 0 aliphatic carbocycles. The molecule has 2 fully saturated rings. The number of ether oxygens (including phenoxy) is 1. The van der Waals surface area contributed by atoms with Crippen LogP contribution in [0, 0.1) is 11.8 Å². The van der Waals surface area contributed by atoms with E-state index in [1.807, 2.05) is 4.90 Å². The summed E-state index contributed by atoms with van der Waals surface area (Å²) in [5.74, 6) is 1.03. The number of hydrogen-bond acceptors (Lipinski definition) is 3. The van der Waals surface area contributed by atoms with Gasteiger partial charge in [0.05, 0.1) is 12.6 Å². The van der Waals surface area contributed by atoms with Gasteiger partial charge in [-0.05, 0) is 25.2 Å². The number of nitrogens with zero attached hydrogens (tertiary/aromatic N) is 1. The standard InChI is InChI=1S/C12H22N2O2/c1-8(2)7-16-12(15)14-9(3)4-10-5-13-6-11(10)14/h8-11,13H,4-7H2,1-3H3/t9-,10-,11+/m0/s1. The smallest absolute Gasteiger partial charge is 0.410 e. The molecule has 16 heavy (non-hydrogen) atoms. The van der Waals surface area contributed by atoms with Crippen LogP contribution in [0.3, 0.4) is 0 Å². The Hall–Kier alpha value is -0.770. The first kappa shape index (κ1) is 11.7. The van der Waals surface area contributed by atoms with Gasteiger partial charge >= 0.3 is 6.09 Å². The molecule has 2 saturated heterocycles. The van der Waals surface area contributed by atoms with Crippen LogP contribution in [0.4, 0.5) is 4.79 Å². The number of nitrogens with one attached hydrogen (secondary N) is 1. The van der Waals surface area contributed by atoms with E-state index in [4.69, 9.17) is 4.74 Å². The molecule has 4 heteroatoms. The summed E-state index contributed by atoms with van der Waals surface area (Å²) in [6.07, 6.45) is 0.978.